The first-order valence-corrected chi connectivity index (χ1v) is 8.82. The Balaban J connectivity index is 2.72. The van der Waals surface area contributed by atoms with E-state index >= 15 is 0 Å². The number of ether oxygens (including phenoxy) is 1. The minimum atomic E-state index is -0.616. The molecule has 0 aromatic heterocycles. The molecule has 0 saturated carbocycles. The molecule has 6 nitrogen and oxygen atoms in total. The Morgan fingerprint density at radius 2 is 2.16 bits per heavy atom. The van der Waals surface area contributed by atoms with Crippen LogP contribution in [0.4, 0.5) is 10.2 Å². The second-order valence-corrected chi connectivity index (χ2v) is 6.10. The Labute approximate surface area is 157 Å². The van der Waals surface area contributed by atoms with Crippen molar-refractivity contribution in [2.75, 3.05) is 11.7 Å². The van der Waals surface area contributed by atoms with E-state index in [1.165, 1.54) is 18.2 Å². The van der Waals surface area contributed by atoms with Gasteiger partial charge in [0.1, 0.15) is 0 Å². The van der Waals surface area contributed by atoms with Crippen LogP contribution in [0.25, 0.3) is 0 Å². The van der Waals surface area contributed by atoms with Crippen LogP contribution in [0.1, 0.15) is 50.4 Å². The van der Waals surface area contributed by atoms with Crippen molar-refractivity contribution < 1.29 is 18.9 Å². The quantitative estimate of drug-likeness (QED) is 0.216. The Morgan fingerprint density at radius 3 is 2.80 bits per heavy atom. The van der Waals surface area contributed by atoms with Gasteiger partial charge in [0.15, 0.2) is 0 Å². The molecule has 25 heavy (non-hydrogen) atoms. The van der Waals surface area contributed by atoms with Gasteiger partial charge in [0.2, 0.25) is 5.11 Å². The first kappa shape index (κ1) is 21.6. The molecule has 0 saturated heterocycles. The molecule has 0 aliphatic heterocycles. The molecule has 0 aliphatic rings. The van der Waals surface area contributed by atoms with Crippen molar-refractivity contribution in [2.45, 2.75) is 46.1 Å². The molecule has 0 amide bonds. The summed E-state index contributed by atoms with van der Waals surface area (Å²) in [6.45, 7) is 6.14. The SMILES string of the molecule is CCCCONNC(=S)N(F)c1ccc(Cl)c(C(=O)OC(C)CC)c1. The molecule has 0 heterocycles. The van der Waals surface area contributed by atoms with Crippen LogP contribution in [-0.2, 0) is 9.57 Å². The van der Waals surface area contributed by atoms with Crippen molar-refractivity contribution in [1.29, 1.82) is 0 Å². The molecule has 0 fully saturated rings. The number of nitrogens with one attached hydrogen (secondary N) is 2. The highest BCUT2D eigenvalue weighted by molar-refractivity contribution is 7.80. The summed E-state index contributed by atoms with van der Waals surface area (Å²) in [5.74, 6) is -0.616. The predicted octanol–water partition coefficient (Wildman–Crippen LogP) is 4.10. The molecule has 140 valence electrons. The van der Waals surface area contributed by atoms with E-state index in [-0.39, 0.29) is 32.6 Å². The van der Waals surface area contributed by atoms with E-state index in [1.807, 2.05) is 13.8 Å². The number of hydrogen-bond acceptors (Lipinski definition) is 5. The number of carbonyl (C=O) groups excluding carboxylic acids is 1. The predicted molar refractivity (Wildman–Crippen MR) is 99.9 cm³/mol. The smallest absolute Gasteiger partial charge is 0.339 e. The second kappa shape index (κ2) is 11.2. The summed E-state index contributed by atoms with van der Waals surface area (Å²) >= 11 is 10.9. The molecule has 0 aliphatic carbocycles. The number of nitrogens with zero attached hydrogens (tertiary/aromatic N) is 1. The number of thiocarbonyl (C=S) groups is 1. The third kappa shape index (κ3) is 7.11. The van der Waals surface area contributed by atoms with Crippen LogP contribution in [0.15, 0.2) is 18.2 Å². The van der Waals surface area contributed by atoms with Gasteiger partial charge in [0.05, 0.1) is 29.0 Å². The third-order valence-electron chi connectivity index (χ3n) is 3.29. The monoisotopic (exact) mass is 391 g/mol. The largest absolute Gasteiger partial charge is 0.459 e. The standard InChI is InChI=1S/C16H23ClFN3O3S/c1-4-6-9-23-20-19-16(25)21(18)12-7-8-14(17)13(10-12)15(22)24-11(3)5-2/h7-8,10-11,20H,4-6,9H2,1-3H3,(H,19,25). The lowest BCUT2D eigenvalue weighted by Gasteiger charge is -2.18. The van der Waals surface area contributed by atoms with Crippen molar-refractivity contribution >= 4 is 40.6 Å². The molecule has 1 unspecified atom stereocenters. The fourth-order valence-electron chi connectivity index (χ4n) is 1.63. The highest BCUT2D eigenvalue weighted by atomic mass is 35.5. The fourth-order valence-corrected chi connectivity index (χ4v) is 1.98. The zero-order chi connectivity index (χ0) is 18.8. The van der Waals surface area contributed by atoms with Gasteiger partial charge < -0.3 is 4.74 Å². The molecule has 1 atom stereocenters. The van der Waals surface area contributed by atoms with Crippen molar-refractivity contribution in [3.05, 3.63) is 28.8 Å². The van der Waals surface area contributed by atoms with Gasteiger partial charge in [-0.15, -0.1) is 5.59 Å². The number of hydrazine groups is 1. The zero-order valence-corrected chi connectivity index (χ0v) is 16.0. The number of esters is 1. The van der Waals surface area contributed by atoms with Gasteiger partial charge in [-0.3, -0.25) is 10.3 Å². The van der Waals surface area contributed by atoms with E-state index in [9.17, 15) is 9.28 Å². The zero-order valence-electron chi connectivity index (χ0n) is 14.5. The topological polar surface area (TPSA) is 62.8 Å². The van der Waals surface area contributed by atoms with E-state index in [1.54, 1.807) is 6.92 Å². The Morgan fingerprint density at radius 1 is 1.44 bits per heavy atom. The highest BCUT2D eigenvalue weighted by Gasteiger charge is 2.19. The Kier molecular flexibility index (Phi) is 9.66. The number of carbonyl (C=O) groups is 1. The summed E-state index contributed by atoms with van der Waals surface area (Å²) in [5, 5.41) is 0.0902. The van der Waals surface area contributed by atoms with Gasteiger partial charge in [0, 0.05) is 0 Å². The molecular weight excluding hydrogens is 369 g/mol. The maximum atomic E-state index is 14.3. The Bertz CT molecular complexity index is 592. The van der Waals surface area contributed by atoms with Crippen molar-refractivity contribution in [3.8, 4) is 0 Å². The van der Waals surface area contributed by atoms with Gasteiger partial charge in [-0.05, 0) is 50.2 Å². The summed E-state index contributed by atoms with van der Waals surface area (Å²) in [4.78, 5) is 17.2. The first-order valence-electron chi connectivity index (χ1n) is 8.03. The van der Waals surface area contributed by atoms with Crippen LogP contribution in [0, 0.1) is 0 Å². The number of anilines is 1. The summed E-state index contributed by atoms with van der Waals surface area (Å²) in [6.07, 6.45) is 2.23. The number of benzene rings is 1. The normalized spacial score (nSPS) is 11.7. The van der Waals surface area contributed by atoms with E-state index in [0.717, 1.165) is 12.8 Å². The molecule has 1 rings (SSSR count). The summed E-state index contributed by atoms with van der Waals surface area (Å²) in [7, 11) is 0. The van der Waals surface area contributed by atoms with Crippen molar-refractivity contribution in [3.63, 3.8) is 0 Å². The van der Waals surface area contributed by atoms with Crippen LogP contribution in [0.2, 0.25) is 5.02 Å². The molecule has 0 spiro atoms. The molecule has 0 bridgehead atoms. The van der Waals surface area contributed by atoms with Crippen LogP contribution in [0.5, 0.6) is 0 Å². The van der Waals surface area contributed by atoms with Gasteiger partial charge in [0.25, 0.3) is 0 Å². The number of rotatable bonds is 9. The lowest BCUT2D eigenvalue weighted by atomic mass is 10.2. The van der Waals surface area contributed by atoms with Gasteiger partial charge >= 0.3 is 5.97 Å². The lowest BCUT2D eigenvalue weighted by molar-refractivity contribution is 0.0233. The Hall–Kier alpha value is -1.48. The molecule has 1 aromatic carbocycles. The maximum absolute atomic E-state index is 14.3. The van der Waals surface area contributed by atoms with E-state index < -0.39 is 5.97 Å². The van der Waals surface area contributed by atoms with Crippen LogP contribution < -0.4 is 16.1 Å². The van der Waals surface area contributed by atoms with E-state index in [4.69, 9.17) is 33.4 Å². The minimum absolute atomic E-state index is 0.0355. The summed E-state index contributed by atoms with van der Waals surface area (Å²) < 4.78 is 19.6. The number of hydrogen-bond donors (Lipinski definition) is 2. The summed E-state index contributed by atoms with van der Waals surface area (Å²) in [6, 6.07) is 4.08. The van der Waals surface area contributed by atoms with Crippen molar-refractivity contribution in [2.24, 2.45) is 0 Å². The average Bonchev–Trinajstić information content (AvgIpc) is 2.60. The number of halogens is 2. The number of unbranched alkanes of at least 4 members (excludes halogenated alkanes) is 1. The minimum Gasteiger partial charge on any atom is -0.459 e. The summed E-state index contributed by atoms with van der Waals surface area (Å²) in [5.41, 5.74) is 4.87. The molecular formula is C16H23ClFN3O3S. The average molecular weight is 392 g/mol. The van der Waals surface area contributed by atoms with Gasteiger partial charge in [-0.2, -0.15) is 5.12 Å². The van der Waals surface area contributed by atoms with E-state index in [0.29, 0.717) is 13.0 Å². The van der Waals surface area contributed by atoms with Crippen LogP contribution in [0.3, 0.4) is 0 Å². The van der Waals surface area contributed by atoms with Crippen LogP contribution in [-0.4, -0.2) is 23.8 Å². The van der Waals surface area contributed by atoms with Gasteiger partial charge in [-0.25, -0.2) is 4.79 Å². The third-order valence-corrected chi connectivity index (χ3v) is 3.88. The highest BCUT2D eigenvalue weighted by Crippen LogP contribution is 2.25. The van der Waals surface area contributed by atoms with E-state index in [2.05, 4.69) is 11.0 Å². The second-order valence-electron chi connectivity index (χ2n) is 5.30. The fraction of sp³-hybridized carbons (Fsp3) is 0.500. The van der Waals surface area contributed by atoms with Crippen molar-refractivity contribution in [1.82, 2.24) is 11.0 Å². The maximum Gasteiger partial charge on any atom is 0.339 e. The molecule has 0 radical (unpaired) electrons. The van der Waals surface area contributed by atoms with Crippen LogP contribution >= 0.6 is 23.8 Å². The first-order chi connectivity index (χ1) is 11.9. The lowest BCUT2D eigenvalue weighted by Crippen LogP contribution is -2.43. The molecule has 9 heteroatoms. The molecule has 2 N–H and O–H groups in total. The molecule has 1 aromatic rings. The van der Waals surface area contributed by atoms with Gasteiger partial charge in [-0.1, -0.05) is 36.4 Å².